The van der Waals surface area contributed by atoms with Gasteiger partial charge in [-0.1, -0.05) is 20.8 Å². The summed E-state index contributed by atoms with van der Waals surface area (Å²) in [6.07, 6.45) is 3.88. The van der Waals surface area contributed by atoms with Crippen LogP contribution in [0.1, 0.15) is 40.0 Å². The molecule has 4 nitrogen and oxygen atoms in total. The van der Waals surface area contributed by atoms with E-state index >= 15 is 0 Å². The number of hydrogen-bond donors (Lipinski definition) is 2. The summed E-state index contributed by atoms with van der Waals surface area (Å²) in [6.45, 7) is 12.5. The minimum absolute atomic E-state index is 0.737. The maximum Gasteiger partial charge on any atom is 0.191 e. The first-order valence-electron chi connectivity index (χ1n) is 7.78. The van der Waals surface area contributed by atoms with Gasteiger partial charge >= 0.3 is 0 Å². The number of nitrogens with zero attached hydrogens (tertiary/aromatic N) is 2. The van der Waals surface area contributed by atoms with Gasteiger partial charge in [0, 0.05) is 26.7 Å². The Morgan fingerprint density at radius 2 is 1.84 bits per heavy atom. The molecule has 1 saturated heterocycles. The third-order valence-corrected chi connectivity index (χ3v) is 3.83. The highest BCUT2D eigenvalue weighted by Crippen LogP contribution is 2.14. The lowest BCUT2D eigenvalue weighted by atomic mass is 9.99. The van der Waals surface area contributed by atoms with Gasteiger partial charge in [-0.25, -0.2) is 0 Å². The van der Waals surface area contributed by atoms with Crippen LogP contribution in [0.2, 0.25) is 0 Å². The Morgan fingerprint density at radius 1 is 1.21 bits per heavy atom. The summed E-state index contributed by atoms with van der Waals surface area (Å²) in [5, 5.41) is 6.76. The van der Waals surface area contributed by atoms with Crippen LogP contribution < -0.4 is 10.6 Å². The summed E-state index contributed by atoms with van der Waals surface area (Å²) in [5.41, 5.74) is 0. The van der Waals surface area contributed by atoms with Gasteiger partial charge in [0.05, 0.1) is 0 Å². The Balaban J connectivity index is 2.09. The van der Waals surface area contributed by atoms with Gasteiger partial charge in [0.25, 0.3) is 0 Å². The average molecular weight is 268 g/mol. The molecule has 0 aliphatic carbocycles. The fraction of sp³-hybridized carbons (Fsp3) is 0.933. The van der Waals surface area contributed by atoms with Gasteiger partial charge in [0.1, 0.15) is 0 Å². The molecular formula is C15H32N4. The Kier molecular flexibility index (Phi) is 7.87. The standard InChI is InChI=1S/C15H32N4/c1-13(2)5-8-17-15(16-4)18-9-12-19-10-6-14(3)7-11-19/h13-14H,5-12H2,1-4H3,(H2,16,17,18). The molecule has 0 aromatic carbocycles. The van der Waals surface area contributed by atoms with Gasteiger partial charge in [-0.05, 0) is 44.2 Å². The molecule has 4 heteroatoms. The van der Waals surface area contributed by atoms with Crippen molar-refractivity contribution in [3.63, 3.8) is 0 Å². The molecule has 2 N–H and O–H groups in total. The van der Waals surface area contributed by atoms with Gasteiger partial charge in [-0.2, -0.15) is 0 Å². The number of aliphatic imine (C=N–C) groups is 1. The number of guanidine groups is 1. The van der Waals surface area contributed by atoms with Crippen molar-refractivity contribution in [2.75, 3.05) is 39.8 Å². The zero-order valence-electron chi connectivity index (χ0n) is 13.2. The maximum atomic E-state index is 4.26. The molecule has 0 unspecified atom stereocenters. The third-order valence-electron chi connectivity index (χ3n) is 3.83. The van der Waals surface area contributed by atoms with E-state index in [9.17, 15) is 0 Å². The van der Waals surface area contributed by atoms with Crippen LogP contribution in [0.4, 0.5) is 0 Å². The van der Waals surface area contributed by atoms with E-state index in [1.165, 1.54) is 32.4 Å². The molecule has 0 saturated carbocycles. The summed E-state index contributed by atoms with van der Waals surface area (Å²) < 4.78 is 0. The molecule has 0 aromatic rings. The number of hydrogen-bond acceptors (Lipinski definition) is 2. The van der Waals surface area contributed by atoms with Crippen LogP contribution in [-0.4, -0.2) is 50.6 Å². The molecule has 0 atom stereocenters. The number of piperidine rings is 1. The van der Waals surface area contributed by atoms with Gasteiger partial charge in [0.15, 0.2) is 5.96 Å². The summed E-state index contributed by atoms with van der Waals surface area (Å²) in [7, 11) is 1.84. The highest BCUT2D eigenvalue weighted by Gasteiger charge is 2.14. The minimum atomic E-state index is 0.737. The van der Waals surface area contributed by atoms with Crippen molar-refractivity contribution in [1.82, 2.24) is 15.5 Å². The smallest absolute Gasteiger partial charge is 0.191 e. The first-order valence-corrected chi connectivity index (χ1v) is 7.78. The van der Waals surface area contributed by atoms with E-state index in [0.717, 1.165) is 37.4 Å². The molecule has 112 valence electrons. The molecule has 1 heterocycles. The minimum Gasteiger partial charge on any atom is -0.356 e. The second-order valence-electron chi connectivity index (χ2n) is 6.13. The summed E-state index contributed by atoms with van der Waals surface area (Å²) in [4.78, 5) is 6.81. The Hall–Kier alpha value is -0.770. The van der Waals surface area contributed by atoms with Crippen LogP contribution in [0.15, 0.2) is 4.99 Å². The molecule has 1 fully saturated rings. The monoisotopic (exact) mass is 268 g/mol. The zero-order valence-corrected chi connectivity index (χ0v) is 13.2. The molecule has 19 heavy (non-hydrogen) atoms. The van der Waals surface area contributed by atoms with Crippen molar-refractivity contribution < 1.29 is 0 Å². The normalized spacial score (nSPS) is 18.9. The van der Waals surface area contributed by atoms with E-state index in [4.69, 9.17) is 0 Å². The highest BCUT2D eigenvalue weighted by atomic mass is 15.2. The largest absolute Gasteiger partial charge is 0.356 e. The van der Waals surface area contributed by atoms with Crippen molar-refractivity contribution in [1.29, 1.82) is 0 Å². The second kappa shape index (κ2) is 9.18. The number of nitrogens with one attached hydrogen (secondary N) is 2. The predicted molar refractivity (Wildman–Crippen MR) is 83.7 cm³/mol. The molecule has 0 aromatic heterocycles. The van der Waals surface area contributed by atoms with Crippen molar-refractivity contribution in [2.45, 2.75) is 40.0 Å². The molecule has 1 aliphatic heterocycles. The van der Waals surface area contributed by atoms with E-state index in [-0.39, 0.29) is 0 Å². The molecule has 0 amide bonds. The Bertz CT molecular complexity index is 255. The summed E-state index contributed by atoms with van der Waals surface area (Å²) in [6, 6.07) is 0. The SMILES string of the molecule is CN=C(NCCC(C)C)NCCN1CCC(C)CC1. The predicted octanol–water partition coefficient (Wildman–Crippen LogP) is 1.93. The average Bonchev–Trinajstić information content (AvgIpc) is 2.39. The van der Waals surface area contributed by atoms with Crippen LogP contribution in [-0.2, 0) is 0 Å². The fourth-order valence-corrected chi connectivity index (χ4v) is 2.32. The molecular weight excluding hydrogens is 236 g/mol. The van der Waals surface area contributed by atoms with Crippen LogP contribution in [0.3, 0.4) is 0 Å². The van der Waals surface area contributed by atoms with Crippen LogP contribution in [0.25, 0.3) is 0 Å². The quantitative estimate of drug-likeness (QED) is 0.571. The second-order valence-corrected chi connectivity index (χ2v) is 6.13. The Morgan fingerprint density at radius 3 is 2.42 bits per heavy atom. The molecule has 0 bridgehead atoms. The van der Waals surface area contributed by atoms with E-state index in [1.807, 2.05) is 7.05 Å². The van der Waals surface area contributed by atoms with Crippen molar-refractivity contribution >= 4 is 5.96 Å². The van der Waals surface area contributed by atoms with Crippen molar-refractivity contribution in [3.05, 3.63) is 0 Å². The van der Waals surface area contributed by atoms with Crippen LogP contribution >= 0.6 is 0 Å². The first-order chi connectivity index (χ1) is 9.11. The highest BCUT2D eigenvalue weighted by molar-refractivity contribution is 5.79. The zero-order chi connectivity index (χ0) is 14.1. The lowest BCUT2D eigenvalue weighted by Gasteiger charge is -2.30. The number of rotatable bonds is 6. The lowest BCUT2D eigenvalue weighted by Crippen LogP contribution is -2.43. The first kappa shape index (κ1) is 16.3. The molecule has 1 aliphatic rings. The Labute approximate surface area is 119 Å². The van der Waals surface area contributed by atoms with E-state index in [0.29, 0.717) is 0 Å². The van der Waals surface area contributed by atoms with Gasteiger partial charge in [-0.3, -0.25) is 4.99 Å². The van der Waals surface area contributed by atoms with Gasteiger partial charge < -0.3 is 15.5 Å². The molecule has 1 rings (SSSR count). The fourth-order valence-electron chi connectivity index (χ4n) is 2.32. The summed E-state index contributed by atoms with van der Waals surface area (Å²) >= 11 is 0. The molecule has 0 radical (unpaired) electrons. The van der Waals surface area contributed by atoms with Crippen LogP contribution in [0, 0.1) is 11.8 Å². The van der Waals surface area contributed by atoms with Crippen molar-refractivity contribution in [3.8, 4) is 0 Å². The maximum absolute atomic E-state index is 4.26. The van der Waals surface area contributed by atoms with Crippen molar-refractivity contribution in [2.24, 2.45) is 16.8 Å². The van der Waals surface area contributed by atoms with E-state index in [1.54, 1.807) is 0 Å². The molecule has 0 spiro atoms. The van der Waals surface area contributed by atoms with Gasteiger partial charge in [0.2, 0.25) is 0 Å². The van der Waals surface area contributed by atoms with Crippen LogP contribution in [0.5, 0.6) is 0 Å². The summed E-state index contributed by atoms with van der Waals surface area (Å²) in [5.74, 6) is 2.58. The van der Waals surface area contributed by atoms with E-state index in [2.05, 4.69) is 41.3 Å². The van der Waals surface area contributed by atoms with E-state index < -0.39 is 0 Å². The lowest BCUT2D eigenvalue weighted by molar-refractivity contribution is 0.195. The van der Waals surface area contributed by atoms with Gasteiger partial charge in [-0.15, -0.1) is 0 Å². The number of likely N-dealkylation sites (tertiary alicyclic amines) is 1. The topological polar surface area (TPSA) is 39.7 Å². The third kappa shape index (κ3) is 7.41.